The van der Waals surface area contributed by atoms with Gasteiger partial charge in [-0.1, -0.05) is 48.4 Å². The van der Waals surface area contributed by atoms with Gasteiger partial charge < -0.3 is 14.6 Å². The standard InChI is InChI=1S/C14H13ClO.C7H14O2/c1-11-2-8-14(9-3-11)16-10-12-4-6-13(15)7-5-12;1-5(7(3)9)4-6(2)8/h2-9H,10H2,1H3;5,7,9H,4H2,1-3H3. The Morgan fingerprint density at radius 3 is 2.08 bits per heavy atom. The van der Waals surface area contributed by atoms with Gasteiger partial charge in [-0.25, -0.2) is 0 Å². The van der Waals surface area contributed by atoms with Crippen LogP contribution in [0.25, 0.3) is 0 Å². The van der Waals surface area contributed by atoms with Crippen LogP contribution >= 0.6 is 11.6 Å². The normalized spacial score (nSPS) is 12.6. The second kappa shape index (κ2) is 10.9. The molecule has 0 saturated heterocycles. The molecule has 0 heterocycles. The van der Waals surface area contributed by atoms with Crippen molar-refractivity contribution in [2.75, 3.05) is 0 Å². The van der Waals surface area contributed by atoms with Gasteiger partial charge in [0.2, 0.25) is 0 Å². The fourth-order valence-electron chi connectivity index (χ4n) is 2.01. The van der Waals surface area contributed by atoms with Crippen LogP contribution in [0.4, 0.5) is 0 Å². The van der Waals surface area contributed by atoms with Crippen molar-refractivity contribution in [2.45, 2.75) is 46.8 Å². The number of Topliss-reactive ketones (excluding diaryl/α,β-unsaturated/α-hetero) is 1. The molecule has 0 amide bonds. The van der Waals surface area contributed by atoms with Crippen LogP contribution in [0.3, 0.4) is 0 Å². The zero-order valence-corrected chi connectivity index (χ0v) is 16.1. The van der Waals surface area contributed by atoms with E-state index in [0.29, 0.717) is 13.0 Å². The molecule has 0 spiro atoms. The SMILES string of the molecule is CC(=O)CC(C)C(C)O.Cc1ccc(OCc2ccc(Cl)cc2)cc1. The lowest BCUT2D eigenvalue weighted by atomic mass is 10.0. The largest absolute Gasteiger partial charge is 0.489 e. The van der Waals surface area contributed by atoms with Gasteiger partial charge in [0.25, 0.3) is 0 Å². The second-order valence-corrected chi connectivity index (χ2v) is 6.79. The minimum Gasteiger partial charge on any atom is -0.489 e. The van der Waals surface area contributed by atoms with E-state index >= 15 is 0 Å². The molecule has 2 rings (SSSR count). The third-order valence-corrected chi connectivity index (χ3v) is 4.02. The molecule has 0 radical (unpaired) electrons. The molecule has 0 aliphatic heterocycles. The summed E-state index contributed by atoms with van der Waals surface area (Å²) in [6.07, 6.45) is 0.117. The molecule has 4 heteroatoms. The van der Waals surface area contributed by atoms with Crippen LogP contribution in [0, 0.1) is 12.8 Å². The van der Waals surface area contributed by atoms with Gasteiger partial charge >= 0.3 is 0 Å². The van der Waals surface area contributed by atoms with Gasteiger partial charge in [0.15, 0.2) is 0 Å². The van der Waals surface area contributed by atoms with Crippen molar-refractivity contribution in [3.63, 3.8) is 0 Å². The zero-order chi connectivity index (χ0) is 18.8. The van der Waals surface area contributed by atoms with Crippen LogP contribution in [0.2, 0.25) is 5.02 Å². The molecule has 0 aliphatic rings. The number of hydrogen-bond donors (Lipinski definition) is 1. The van der Waals surface area contributed by atoms with E-state index in [1.807, 2.05) is 55.5 Å². The van der Waals surface area contributed by atoms with Crippen molar-refractivity contribution < 1.29 is 14.6 Å². The summed E-state index contributed by atoms with van der Waals surface area (Å²) in [6, 6.07) is 15.7. The number of rotatable bonds is 6. The first-order chi connectivity index (χ1) is 11.8. The van der Waals surface area contributed by atoms with E-state index in [0.717, 1.165) is 16.3 Å². The van der Waals surface area contributed by atoms with Gasteiger partial charge in [-0.3, -0.25) is 0 Å². The van der Waals surface area contributed by atoms with Crippen LogP contribution in [0.5, 0.6) is 5.75 Å². The second-order valence-electron chi connectivity index (χ2n) is 6.35. The fourth-order valence-corrected chi connectivity index (χ4v) is 2.13. The summed E-state index contributed by atoms with van der Waals surface area (Å²) in [5.41, 5.74) is 2.35. The zero-order valence-electron chi connectivity index (χ0n) is 15.3. The Morgan fingerprint density at radius 2 is 1.64 bits per heavy atom. The maximum Gasteiger partial charge on any atom is 0.130 e. The summed E-state index contributed by atoms with van der Waals surface area (Å²) in [6.45, 7) is 7.74. The third kappa shape index (κ3) is 9.28. The molecular formula is C21H27ClO3. The Bertz CT molecular complexity index is 588. The highest BCUT2D eigenvalue weighted by molar-refractivity contribution is 6.30. The lowest BCUT2D eigenvalue weighted by Crippen LogP contribution is -2.15. The van der Waals surface area contributed by atoms with Gasteiger partial charge in [0.05, 0.1) is 6.10 Å². The molecule has 0 aliphatic carbocycles. The first kappa shape index (κ1) is 21.2. The number of aliphatic hydroxyl groups excluding tert-OH is 1. The number of benzene rings is 2. The van der Waals surface area contributed by atoms with Crippen LogP contribution in [-0.4, -0.2) is 17.0 Å². The molecule has 1 N–H and O–H groups in total. The van der Waals surface area contributed by atoms with Crippen molar-refractivity contribution in [3.05, 3.63) is 64.7 Å². The van der Waals surface area contributed by atoms with Crippen molar-refractivity contribution in [2.24, 2.45) is 5.92 Å². The van der Waals surface area contributed by atoms with Gasteiger partial charge in [-0.2, -0.15) is 0 Å². The minimum absolute atomic E-state index is 0.0995. The Balaban J connectivity index is 0.000000299. The first-order valence-electron chi connectivity index (χ1n) is 8.39. The van der Waals surface area contributed by atoms with E-state index in [2.05, 4.69) is 6.92 Å². The monoisotopic (exact) mass is 362 g/mol. The van der Waals surface area contributed by atoms with Gasteiger partial charge in [0, 0.05) is 11.4 Å². The highest BCUT2D eigenvalue weighted by Gasteiger charge is 2.09. The molecular weight excluding hydrogens is 336 g/mol. The molecule has 0 bridgehead atoms. The maximum atomic E-state index is 10.4. The molecule has 0 fully saturated rings. The predicted molar refractivity (Wildman–Crippen MR) is 103 cm³/mol. The summed E-state index contributed by atoms with van der Waals surface area (Å²) in [5.74, 6) is 1.13. The van der Waals surface area contributed by atoms with E-state index in [1.54, 1.807) is 13.8 Å². The predicted octanol–water partition coefficient (Wildman–Crippen LogP) is 5.21. The maximum absolute atomic E-state index is 10.4. The lowest BCUT2D eigenvalue weighted by Gasteiger charge is -2.11. The average molecular weight is 363 g/mol. The van der Waals surface area contributed by atoms with Crippen molar-refractivity contribution in [1.29, 1.82) is 0 Å². The lowest BCUT2D eigenvalue weighted by molar-refractivity contribution is -0.118. The number of carbonyl (C=O) groups is 1. The van der Waals surface area contributed by atoms with E-state index in [9.17, 15) is 4.79 Å². The molecule has 2 unspecified atom stereocenters. The molecule has 2 atom stereocenters. The average Bonchev–Trinajstić information content (AvgIpc) is 2.56. The topological polar surface area (TPSA) is 46.5 Å². The minimum atomic E-state index is -0.367. The van der Waals surface area contributed by atoms with Gasteiger partial charge in [-0.15, -0.1) is 0 Å². The molecule has 2 aromatic rings. The number of ketones is 1. The molecule has 0 saturated carbocycles. The molecule has 25 heavy (non-hydrogen) atoms. The molecule has 3 nitrogen and oxygen atoms in total. The van der Waals surface area contributed by atoms with Gasteiger partial charge in [-0.05, 0) is 56.5 Å². The van der Waals surface area contributed by atoms with Crippen molar-refractivity contribution in [3.8, 4) is 5.75 Å². The van der Waals surface area contributed by atoms with E-state index in [4.69, 9.17) is 21.4 Å². The highest BCUT2D eigenvalue weighted by atomic mass is 35.5. The van der Waals surface area contributed by atoms with Crippen molar-refractivity contribution >= 4 is 17.4 Å². The number of hydrogen-bond acceptors (Lipinski definition) is 3. The Morgan fingerprint density at radius 1 is 1.08 bits per heavy atom. The number of aryl methyl sites for hydroxylation is 1. The smallest absolute Gasteiger partial charge is 0.130 e. The molecule has 0 aromatic heterocycles. The van der Waals surface area contributed by atoms with Crippen LogP contribution in [-0.2, 0) is 11.4 Å². The number of aliphatic hydroxyl groups is 1. The van der Waals surface area contributed by atoms with Crippen LogP contribution in [0.15, 0.2) is 48.5 Å². The summed E-state index contributed by atoms with van der Waals surface area (Å²) in [5, 5.41) is 9.67. The molecule has 2 aromatic carbocycles. The van der Waals surface area contributed by atoms with Crippen molar-refractivity contribution in [1.82, 2.24) is 0 Å². The van der Waals surface area contributed by atoms with Crippen LogP contribution < -0.4 is 4.74 Å². The Kier molecular flexibility index (Phi) is 9.25. The number of halogens is 1. The summed E-state index contributed by atoms with van der Waals surface area (Å²) < 4.78 is 5.64. The third-order valence-electron chi connectivity index (χ3n) is 3.77. The first-order valence-corrected chi connectivity index (χ1v) is 8.77. The van der Waals surface area contributed by atoms with E-state index < -0.39 is 0 Å². The number of carbonyl (C=O) groups excluding carboxylic acids is 1. The highest BCUT2D eigenvalue weighted by Crippen LogP contribution is 2.15. The van der Waals surface area contributed by atoms with Crippen LogP contribution in [0.1, 0.15) is 38.3 Å². The van der Waals surface area contributed by atoms with E-state index in [1.165, 1.54) is 5.56 Å². The summed E-state index contributed by atoms with van der Waals surface area (Å²) in [7, 11) is 0. The molecule has 136 valence electrons. The summed E-state index contributed by atoms with van der Waals surface area (Å²) >= 11 is 5.81. The fraction of sp³-hybridized carbons (Fsp3) is 0.381. The summed E-state index contributed by atoms with van der Waals surface area (Å²) in [4.78, 5) is 10.4. The van der Waals surface area contributed by atoms with Gasteiger partial charge in [0.1, 0.15) is 18.1 Å². The Labute approximate surface area is 155 Å². The number of ether oxygens (including phenoxy) is 1. The van der Waals surface area contributed by atoms with E-state index in [-0.39, 0.29) is 17.8 Å². The quantitative estimate of drug-likeness (QED) is 0.767. The Hall–Kier alpha value is -1.84.